The first-order chi connectivity index (χ1) is 9.49. The second kappa shape index (κ2) is 10.3. The number of ether oxygens (including phenoxy) is 3. The van der Waals surface area contributed by atoms with E-state index in [1.54, 1.807) is 13.8 Å². The van der Waals surface area contributed by atoms with Gasteiger partial charge in [0.1, 0.15) is 0 Å². The molecule has 0 aliphatic rings. The smallest absolute Gasteiger partial charge is 0.447 e. The summed E-state index contributed by atoms with van der Waals surface area (Å²) in [7, 11) is 0. The van der Waals surface area contributed by atoms with Crippen molar-refractivity contribution < 1.29 is 38.7 Å². The van der Waals surface area contributed by atoms with Crippen LogP contribution in [-0.2, 0) is 24.0 Å². The molecule has 0 saturated carbocycles. The van der Waals surface area contributed by atoms with Gasteiger partial charge in [-0.2, -0.15) is 9.68 Å². The lowest BCUT2D eigenvalue weighted by Crippen LogP contribution is -2.41. The standard InChI is InChI=1S/C12H22O8/c1-4-7-8-9-12(16-5-2,17-6-3)18-11(15)20-19-10(13)14/h4-9H2,1-3H3,(H,13,14). The van der Waals surface area contributed by atoms with Crippen LogP contribution in [0.15, 0.2) is 0 Å². The summed E-state index contributed by atoms with van der Waals surface area (Å²) in [6.07, 6.45) is -0.196. The first-order valence-electron chi connectivity index (χ1n) is 6.58. The lowest BCUT2D eigenvalue weighted by molar-refractivity contribution is -0.372. The molecule has 0 aliphatic heterocycles. The van der Waals surface area contributed by atoms with Crippen LogP contribution in [-0.4, -0.2) is 36.6 Å². The van der Waals surface area contributed by atoms with Gasteiger partial charge in [-0.25, -0.2) is 9.68 Å². The number of hydrogen-bond acceptors (Lipinski definition) is 7. The molecule has 0 aliphatic carbocycles. The van der Waals surface area contributed by atoms with Crippen LogP contribution in [0.25, 0.3) is 0 Å². The molecule has 0 fully saturated rings. The lowest BCUT2D eigenvalue weighted by Gasteiger charge is -2.30. The van der Waals surface area contributed by atoms with E-state index in [1.807, 2.05) is 6.92 Å². The summed E-state index contributed by atoms with van der Waals surface area (Å²) in [6.45, 7) is 5.96. The third kappa shape index (κ3) is 7.80. The normalized spacial score (nSPS) is 10.9. The summed E-state index contributed by atoms with van der Waals surface area (Å²) < 4.78 is 15.6. The summed E-state index contributed by atoms with van der Waals surface area (Å²) in [4.78, 5) is 29.1. The van der Waals surface area contributed by atoms with Crippen LogP contribution in [0.2, 0.25) is 0 Å². The van der Waals surface area contributed by atoms with Crippen molar-refractivity contribution >= 4 is 12.3 Å². The highest BCUT2D eigenvalue weighted by Gasteiger charge is 2.37. The van der Waals surface area contributed by atoms with Gasteiger partial charge in [0.15, 0.2) is 0 Å². The van der Waals surface area contributed by atoms with E-state index >= 15 is 0 Å². The van der Waals surface area contributed by atoms with E-state index in [4.69, 9.17) is 19.3 Å². The van der Waals surface area contributed by atoms with Crippen LogP contribution in [0.1, 0.15) is 46.5 Å². The molecule has 118 valence electrons. The maximum atomic E-state index is 11.4. The predicted molar refractivity (Wildman–Crippen MR) is 66.8 cm³/mol. The Morgan fingerprint density at radius 3 is 2.05 bits per heavy atom. The van der Waals surface area contributed by atoms with Crippen LogP contribution < -0.4 is 0 Å². The fraction of sp³-hybridized carbons (Fsp3) is 0.833. The third-order valence-corrected chi connectivity index (χ3v) is 2.23. The van der Waals surface area contributed by atoms with Crippen LogP contribution in [0.4, 0.5) is 9.59 Å². The summed E-state index contributed by atoms with van der Waals surface area (Å²) >= 11 is 0. The maximum Gasteiger partial charge on any atom is 0.554 e. The van der Waals surface area contributed by atoms with Crippen LogP contribution in [0, 0.1) is 0 Å². The van der Waals surface area contributed by atoms with Crippen molar-refractivity contribution in [3.8, 4) is 0 Å². The average molecular weight is 294 g/mol. The number of unbranched alkanes of at least 4 members (excludes halogenated alkanes) is 2. The molecule has 0 amide bonds. The average Bonchev–Trinajstić information content (AvgIpc) is 2.37. The molecule has 1 N–H and O–H groups in total. The lowest BCUT2D eigenvalue weighted by atomic mass is 10.2. The Labute approximate surface area is 117 Å². The van der Waals surface area contributed by atoms with Gasteiger partial charge in [-0.05, 0) is 20.3 Å². The summed E-state index contributed by atoms with van der Waals surface area (Å²) in [5.74, 6) is -1.59. The molecule has 0 radical (unpaired) electrons. The summed E-state index contributed by atoms with van der Waals surface area (Å²) in [5, 5.41) is 8.22. The van der Waals surface area contributed by atoms with E-state index in [0.29, 0.717) is 12.8 Å². The van der Waals surface area contributed by atoms with Gasteiger partial charge in [-0.3, -0.25) is 0 Å². The molecule has 8 nitrogen and oxygen atoms in total. The fourth-order valence-electron chi connectivity index (χ4n) is 1.54. The zero-order valence-corrected chi connectivity index (χ0v) is 12.0. The minimum Gasteiger partial charge on any atom is -0.447 e. The Morgan fingerprint density at radius 1 is 1.00 bits per heavy atom. The Hall–Kier alpha value is -1.54. The molecular formula is C12H22O8. The predicted octanol–water partition coefficient (Wildman–Crippen LogP) is 3.06. The summed E-state index contributed by atoms with van der Waals surface area (Å²) in [6, 6.07) is 0. The molecule has 0 saturated heterocycles. The minimum absolute atomic E-state index is 0.249. The molecule has 0 unspecified atom stereocenters. The first-order valence-corrected chi connectivity index (χ1v) is 6.58. The van der Waals surface area contributed by atoms with Gasteiger partial charge >= 0.3 is 18.3 Å². The summed E-state index contributed by atoms with van der Waals surface area (Å²) in [5.41, 5.74) is 0. The first kappa shape index (κ1) is 18.5. The van der Waals surface area contributed by atoms with Crippen molar-refractivity contribution in [2.45, 2.75) is 52.4 Å². The molecule has 0 spiro atoms. The number of hydrogen-bond donors (Lipinski definition) is 1. The largest absolute Gasteiger partial charge is 0.554 e. The van der Waals surface area contributed by atoms with E-state index in [-0.39, 0.29) is 13.2 Å². The Kier molecular flexibility index (Phi) is 9.48. The zero-order chi connectivity index (χ0) is 15.4. The molecule has 20 heavy (non-hydrogen) atoms. The highest BCUT2D eigenvalue weighted by atomic mass is 17.3. The van der Waals surface area contributed by atoms with Gasteiger partial charge in [0, 0.05) is 6.42 Å². The highest BCUT2D eigenvalue weighted by Crippen LogP contribution is 2.24. The monoisotopic (exact) mass is 294 g/mol. The minimum atomic E-state index is -1.76. The van der Waals surface area contributed by atoms with Crippen LogP contribution >= 0.6 is 0 Å². The molecule has 0 bridgehead atoms. The zero-order valence-electron chi connectivity index (χ0n) is 12.0. The van der Waals surface area contributed by atoms with Crippen LogP contribution in [0.5, 0.6) is 0 Å². The molecule has 0 aromatic rings. The van der Waals surface area contributed by atoms with Crippen molar-refractivity contribution in [1.82, 2.24) is 0 Å². The van der Waals surface area contributed by atoms with E-state index in [9.17, 15) is 9.59 Å². The van der Waals surface area contributed by atoms with Gasteiger partial charge in [0.25, 0.3) is 0 Å². The molecule has 8 heteroatoms. The van der Waals surface area contributed by atoms with Gasteiger partial charge in [-0.1, -0.05) is 19.8 Å². The quantitative estimate of drug-likeness (QED) is 0.228. The maximum absolute atomic E-state index is 11.4. The highest BCUT2D eigenvalue weighted by molar-refractivity contribution is 5.62. The Balaban J connectivity index is 4.60. The van der Waals surface area contributed by atoms with Gasteiger partial charge in [-0.15, -0.1) is 0 Å². The molecule has 0 aromatic heterocycles. The Morgan fingerprint density at radius 2 is 1.60 bits per heavy atom. The third-order valence-electron chi connectivity index (χ3n) is 2.23. The van der Waals surface area contributed by atoms with E-state index in [1.165, 1.54) is 0 Å². The van der Waals surface area contributed by atoms with Crippen LogP contribution in [0.3, 0.4) is 0 Å². The van der Waals surface area contributed by atoms with Gasteiger partial charge in [0.05, 0.1) is 13.2 Å². The number of carboxylic acid groups (broad SMARTS) is 1. The topological polar surface area (TPSA) is 101 Å². The SMILES string of the molecule is CCCCCC(OCC)(OCC)OC(=O)OOC(=O)O. The van der Waals surface area contributed by atoms with Gasteiger partial charge in [0.2, 0.25) is 0 Å². The molecule has 0 aromatic carbocycles. The van der Waals surface area contributed by atoms with Gasteiger partial charge < -0.3 is 19.3 Å². The van der Waals surface area contributed by atoms with E-state index in [2.05, 4.69) is 9.78 Å². The molecular weight excluding hydrogens is 272 g/mol. The van der Waals surface area contributed by atoms with E-state index < -0.39 is 18.3 Å². The number of carbonyl (C=O) groups is 2. The van der Waals surface area contributed by atoms with Crippen molar-refractivity contribution in [3.05, 3.63) is 0 Å². The molecule has 0 heterocycles. The number of carbonyl (C=O) groups excluding carboxylic acids is 1. The Bertz CT molecular complexity index is 285. The fourth-order valence-corrected chi connectivity index (χ4v) is 1.54. The number of rotatable bonds is 9. The van der Waals surface area contributed by atoms with E-state index in [0.717, 1.165) is 12.8 Å². The van der Waals surface area contributed by atoms with Crippen molar-refractivity contribution in [1.29, 1.82) is 0 Å². The second-order valence-electron chi connectivity index (χ2n) is 3.79. The van der Waals surface area contributed by atoms with Crippen molar-refractivity contribution in [2.75, 3.05) is 13.2 Å². The van der Waals surface area contributed by atoms with Crippen molar-refractivity contribution in [2.24, 2.45) is 0 Å². The molecule has 0 atom stereocenters. The molecule has 0 rings (SSSR count). The van der Waals surface area contributed by atoms with Crippen molar-refractivity contribution in [3.63, 3.8) is 0 Å². The second-order valence-corrected chi connectivity index (χ2v) is 3.79.